The molecule has 6 N–H and O–H groups in total. The number of nitrogens with one attached hydrogen (secondary N) is 4. The molecule has 38 nitrogen and oxygen atoms in total. The van der Waals surface area contributed by atoms with Gasteiger partial charge in [-0.25, -0.2) is 37.8 Å². The molecular weight excluding hydrogens is 1980 g/mol. The molecule has 6 aromatic carbocycles. The van der Waals surface area contributed by atoms with Gasteiger partial charge in [-0.3, -0.25) is 18.8 Å². The summed E-state index contributed by atoms with van der Waals surface area (Å²) >= 11 is 11.4. The van der Waals surface area contributed by atoms with Gasteiger partial charge in [-0.1, -0.05) is 140 Å². The van der Waals surface area contributed by atoms with Gasteiger partial charge in [0.2, 0.25) is 17.8 Å². The predicted molar refractivity (Wildman–Crippen MR) is 536 cm³/mol. The molecule has 12 heterocycles. The number of imidazole rings is 3. The van der Waals surface area contributed by atoms with E-state index in [1.165, 1.54) is 103 Å². The second-order valence-corrected chi connectivity index (χ2v) is 43.5. The number of rotatable bonds is 19. The van der Waals surface area contributed by atoms with Gasteiger partial charge >= 0.3 is 29.6 Å². The van der Waals surface area contributed by atoms with Crippen LogP contribution in [0.3, 0.4) is 0 Å². The average Bonchev–Trinajstić information content (AvgIpc) is 1.59. The number of nitrogens with two attached hydrogens (primary N) is 1. The fourth-order valence-corrected chi connectivity index (χ4v) is 24.7. The van der Waals surface area contributed by atoms with Crippen LogP contribution in [0.2, 0.25) is 0 Å². The summed E-state index contributed by atoms with van der Waals surface area (Å²) in [5.74, 6) is 2.82. The Labute approximate surface area is 853 Å². The Morgan fingerprint density at radius 3 is 1.21 bits per heavy atom. The van der Waals surface area contributed by atoms with Crippen molar-refractivity contribution in [2.75, 3.05) is 54.0 Å². The number of hydrogen-bond donors (Lipinski definition) is 5. The van der Waals surface area contributed by atoms with Gasteiger partial charge in [0.15, 0.2) is 11.3 Å². The third kappa shape index (κ3) is 23.0. The van der Waals surface area contributed by atoms with Crippen LogP contribution in [0.4, 0.5) is 17.8 Å². The van der Waals surface area contributed by atoms with Crippen LogP contribution >= 0.6 is 86.5 Å². The fraction of sp³-hybridized carbons (Fsp3) is 0.345. The number of halogens is 2. The Morgan fingerprint density at radius 1 is 0.449 bits per heavy atom. The van der Waals surface area contributed by atoms with Gasteiger partial charge in [0, 0.05) is 144 Å². The Hall–Kier alpha value is -10.4. The summed E-state index contributed by atoms with van der Waals surface area (Å²) in [7, 11) is -2.25. The van der Waals surface area contributed by atoms with Crippen LogP contribution in [0.5, 0.6) is 0 Å². The summed E-state index contributed by atoms with van der Waals surface area (Å²) in [6.45, 7) is 17.7. The predicted octanol–water partition coefficient (Wildman–Crippen LogP) is 19.6. The van der Waals surface area contributed by atoms with E-state index < -0.39 is 22.0 Å². The molecule has 0 amide bonds. The van der Waals surface area contributed by atoms with Crippen LogP contribution < -0.4 is 59.4 Å². The first kappa shape index (κ1) is 103. The summed E-state index contributed by atoms with van der Waals surface area (Å²) in [5.41, 5.74) is 30.2. The third-order valence-corrected chi connectivity index (χ3v) is 33.4. The van der Waals surface area contributed by atoms with Crippen molar-refractivity contribution < 1.29 is 38.0 Å². The second-order valence-electron chi connectivity index (χ2n) is 34.1. The topological polar surface area (TPSA) is 469 Å². The number of hydrogen-bond acceptors (Lipinski definition) is 23. The largest absolute Gasteiger partial charge is 1.00 e. The monoisotopic (exact) mass is 2070 g/mol. The quantitative estimate of drug-likeness (QED) is 0.0125. The molecule has 3 aliphatic heterocycles. The van der Waals surface area contributed by atoms with E-state index in [0.717, 1.165) is 151 Å². The minimum Gasteiger partial charge on any atom is -0.813 e. The zero-order valence-electron chi connectivity index (χ0n) is 74.2. The molecular formula is C87H96BrClN36NaO2S8-. The smallest absolute Gasteiger partial charge is 0.813 e. The number of nitrogens with zero attached hydrogens (tertiary/aromatic N) is 31. The molecule has 0 unspecified atom stereocenters. The van der Waals surface area contributed by atoms with Crippen molar-refractivity contribution in [3.63, 3.8) is 0 Å². The summed E-state index contributed by atoms with van der Waals surface area (Å²) in [4.78, 5) is 39.8. The zero-order chi connectivity index (χ0) is 91.4. The second kappa shape index (κ2) is 46.4. The minimum absolute atomic E-state index is 0. The van der Waals surface area contributed by atoms with Crippen molar-refractivity contribution in [3.05, 3.63) is 246 Å². The summed E-state index contributed by atoms with van der Waals surface area (Å²) in [5, 5.41) is 49.2. The van der Waals surface area contributed by atoms with Gasteiger partial charge in [-0.15, -0.1) is 18.6 Å². The summed E-state index contributed by atoms with van der Waals surface area (Å²) in [6, 6.07) is 48.2. The molecule has 0 saturated carbocycles. The van der Waals surface area contributed by atoms with Gasteiger partial charge in [0.1, 0.15) is 0 Å². The van der Waals surface area contributed by atoms with Crippen LogP contribution in [-0.2, 0) is 54.7 Å². The van der Waals surface area contributed by atoms with E-state index in [-0.39, 0.29) is 107 Å². The first-order chi connectivity index (χ1) is 64.2. The molecule has 0 radical (unpaired) electrons. The Kier molecular flexibility index (Phi) is 35.2. The van der Waals surface area contributed by atoms with Crippen molar-refractivity contribution in [3.8, 4) is 0 Å². The SMILES string of the molecule is Brc1cccc2cnsc12.C.CC(C)(C)[S@@](=O)N[C@@H]1c2ccccc2CC12CCN(c1nc[c-]c3nccn13)CC2.CC(C)(C)[S@@](=O)N[C@@H]1c2ccccc2CC12CCN(c1ncc(Sc3cccc4cnsc34)c3nccn13)CC2.Cl.N=N/N=N/N=N/N=N/N=N/N=N/N=N/N=N/N=N.N[C@@H]1c2ccccc2CC12CCN(c1ncc(Sc3cccc4cnsc34)c3nccn13)CC2.[Na+].[SH-]. The molecule has 3 fully saturated rings. The molecule has 3 saturated heterocycles. The first-order valence-corrected chi connectivity index (χ1v) is 49.2. The molecule has 15 aromatic rings. The maximum absolute atomic E-state index is 13.2. The molecule has 5 atom stereocenters. The normalized spacial score (nSPS) is 17.9. The van der Waals surface area contributed by atoms with E-state index in [4.69, 9.17) is 36.7 Å². The number of thiol groups is 1. The Balaban J connectivity index is 0.000000150. The molecule has 700 valence electrons. The number of fused-ring (bicyclic) bond motifs is 9. The van der Waals surface area contributed by atoms with Crippen LogP contribution in [0.1, 0.15) is 139 Å². The third-order valence-electron chi connectivity index (χ3n) is 24.4. The average molecular weight is 2070 g/mol. The Morgan fingerprint density at radius 2 is 0.801 bits per heavy atom. The molecule has 3 aliphatic carbocycles. The molecule has 21 rings (SSSR count). The van der Waals surface area contributed by atoms with Gasteiger partial charge in [-0.05, 0) is 307 Å². The number of anilines is 3. The van der Waals surface area contributed by atoms with Gasteiger partial charge in [0.05, 0.1) is 67.4 Å². The van der Waals surface area contributed by atoms with Crippen LogP contribution in [0.25, 0.3) is 47.2 Å². The van der Waals surface area contributed by atoms with E-state index in [0.29, 0.717) is 0 Å². The van der Waals surface area contributed by atoms with Gasteiger partial charge in [0.25, 0.3) is 0 Å². The zero-order valence-corrected chi connectivity index (χ0v) is 85.3. The number of piperidine rings is 3. The van der Waals surface area contributed by atoms with Gasteiger partial charge in [-0.2, -0.15) is 24.2 Å². The van der Waals surface area contributed by atoms with Crippen molar-refractivity contribution in [1.82, 2.24) is 65.7 Å². The standard InChI is InChI=1S/C30H32N6OS3.C26H24N6S2.C23H28N5OS.C7H4BrNS.CH4.ClH.H2N18.Na.H2S/c1-29(2,3)40(37)34-26-22-9-5-4-7-20(22)17-30(26)11-14-35(15-12-30)28-32-19-24(27-31-13-16-36(27)28)38-23-10-6-8-21-18-33-39-25(21)23;27-23-19-6-2-1-4-17(19)14-26(23)8-11-31(12-9-26)25-29-16-21(24-28-10-13-32(24)25)33-20-7-3-5-18-15-30-34-22(18)20;1-22(2,3)30(29)26-20-18-7-5-4-6-17(18)16-23(20)9-13-27(14-10-23)21-25-11-8-19-24-12-15-28(19)21;8-6-3-1-2-5-4-9-10-7(5)6;;;1-3-5-7-9-11-13-15-17-18-16-14-12-10-8-6-4-2;;/h4-10,13,16,18-19,26,34H,11-12,14-15,17H2,1-3H3;1-7,10,13,15-16,23H,8-9,11-12,14,27H2;4-7,11-12,15,20,26H,9-10,13-14,16H2,1-3H3;1-4H;1H4;1H;1-2H;;1H2/q;;-1;;;;;+1;/p-1/b;;;;;;3-1?,4-2?,7-5+,8-6+,11-9+,12-10+,15-13+,16-14+,18-17+;;/t26-,40-;23-;20-,30-;;;;;;/m111....../s1. The van der Waals surface area contributed by atoms with E-state index in [9.17, 15) is 8.42 Å². The maximum atomic E-state index is 13.2. The fourth-order valence-electron chi connectivity index (χ4n) is 17.9. The van der Waals surface area contributed by atoms with Crippen molar-refractivity contribution in [2.45, 2.75) is 154 Å². The molecule has 3 spiro atoms. The molecule has 136 heavy (non-hydrogen) atoms. The molecule has 0 bridgehead atoms. The first-order valence-electron chi connectivity index (χ1n) is 42.2. The van der Waals surface area contributed by atoms with Crippen molar-refractivity contribution in [1.29, 1.82) is 11.1 Å². The summed E-state index contributed by atoms with van der Waals surface area (Å²) in [6.07, 6.45) is 32.2. The van der Waals surface area contributed by atoms with Crippen LogP contribution in [0, 0.1) is 33.4 Å². The molecule has 49 heteroatoms. The molecule has 9 aromatic heterocycles. The number of aromatic nitrogens is 12. The van der Waals surface area contributed by atoms with Gasteiger partial charge < -0.3 is 44.4 Å². The summed E-state index contributed by atoms with van der Waals surface area (Å²) < 4.78 is 56.6. The van der Waals surface area contributed by atoms with Crippen LogP contribution in [-0.4, -0.2) is 113 Å². The minimum atomic E-state index is -1.14. The van der Waals surface area contributed by atoms with E-state index >= 15 is 0 Å². The number of benzene rings is 6. The van der Waals surface area contributed by atoms with Crippen molar-refractivity contribution >= 4 is 187 Å². The Bertz CT molecular complexity index is 6890. The van der Waals surface area contributed by atoms with E-state index in [2.05, 4.69) is 277 Å². The van der Waals surface area contributed by atoms with Crippen LogP contribution in [0.15, 0.2) is 309 Å². The molecule has 6 aliphatic rings. The van der Waals surface area contributed by atoms with E-state index in [1.54, 1.807) is 35.9 Å². The maximum Gasteiger partial charge on any atom is 1.00 e. The van der Waals surface area contributed by atoms with Crippen molar-refractivity contribution in [2.24, 2.45) is 106 Å². The van der Waals surface area contributed by atoms with E-state index in [1.807, 2.05) is 120 Å².